The fourth-order valence-corrected chi connectivity index (χ4v) is 3.22. The van der Waals surface area contributed by atoms with Crippen LogP contribution in [0, 0.1) is 13.8 Å². The highest BCUT2D eigenvalue weighted by Gasteiger charge is 2.15. The molecule has 8 nitrogen and oxygen atoms in total. The maximum atomic E-state index is 12.9. The summed E-state index contributed by atoms with van der Waals surface area (Å²) in [6.07, 6.45) is 0. The molecule has 0 saturated carbocycles. The fourth-order valence-electron chi connectivity index (χ4n) is 3.22. The normalized spacial score (nSPS) is 10.9. The molecule has 30 heavy (non-hydrogen) atoms. The quantitative estimate of drug-likeness (QED) is 0.553. The topological polar surface area (TPSA) is 90.5 Å². The number of nitrogens with one attached hydrogen (secondary N) is 1. The van der Waals surface area contributed by atoms with Crippen LogP contribution in [-0.2, 0) is 11.3 Å². The van der Waals surface area contributed by atoms with Crippen LogP contribution in [0.1, 0.15) is 11.4 Å². The van der Waals surface area contributed by atoms with E-state index in [-0.39, 0.29) is 18.0 Å². The number of aryl methyl sites for hydroxylation is 2. The highest BCUT2D eigenvalue weighted by Crippen LogP contribution is 2.22. The van der Waals surface area contributed by atoms with E-state index in [4.69, 9.17) is 4.74 Å². The zero-order valence-electron chi connectivity index (χ0n) is 16.9. The monoisotopic (exact) mass is 403 g/mol. The molecule has 0 spiro atoms. The molecule has 0 atom stereocenters. The van der Waals surface area contributed by atoms with Crippen molar-refractivity contribution in [1.29, 1.82) is 0 Å². The van der Waals surface area contributed by atoms with Crippen molar-refractivity contribution in [2.75, 3.05) is 12.4 Å². The van der Waals surface area contributed by atoms with Crippen LogP contribution < -0.4 is 15.6 Å². The van der Waals surface area contributed by atoms with Gasteiger partial charge in [0.05, 0.1) is 12.8 Å². The van der Waals surface area contributed by atoms with Gasteiger partial charge in [-0.15, -0.1) is 0 Å². The van der Waals surface area contributed by atoms with Gasteiger partial charge in [-0.3, -0.25) is 9.59 Å². The average molecular weight is 403 g/mol. The number of rotatable bonds is 5. The minimum Gasteiger partial charge on any atom is -0.497 e. The molecule has 152 valence electrons. The lowest BCUT2D eigenvalue weighted by atomic mass is 10.1. The summed E-state index contributed by atoms with van der Waals surface area (Å²) in [7, 11) is 1.60. The number of methoxy groups -OCH3 is 1. The minimum absolute atomic E-state index is 0.187. The molecule has 0 aliphatic rings. The standard InChI is InChI=1S/C22H21N5O3/c1-14-6-4-5-7-18(14)23-21(28)13-26-22(29)20-12-19(25-27(20)15(2)24-26)16-8-10-17(30-3)11-9-16/h4-12H,13H2,1-3H3,(H,23,28). The maximum Gasteiger partial charge on any atom is 0.293 e. The van der Waals surface area contributed by atoms with Crippen molar-refractivity contribution in [3.63, 3.8) is 0 Å². The summed E-state index contributed by atoms with van der Waals surface area (Å²) in [5, 5.41) is 11.6. The Balaban J connectivity index is 1.65. The van der Waals surface area contributed by atoms with E-state index in [1.807, 2.05) is 55.5 Å². The minimum atomic E-state index is -0.382. The molecule has 0 aliphatic heterocycles. The summed E-state index contributed by atoms with van der Waals surface area (Å²) in [4.78, 5) is 25.4. The molecule has 4 aromatic rings. The van der Waals surface area contributed by atoms with Crippen LogP contribution in [-0.4, -0.2) is 32.4 Å². The van der Waals surface area contributed by atoms with Gasteiger partial charge in [-0.2, -0.15) is 10.2 Å². The number of aromatic nitrogens is 4. The lowest BCUT2D eigenvalue weighted by molar-refractivity contribution is -0.117. The van der Waals surface area contributed by atoms with Gasteiger partial charge in [0.1, 0.15) is 23.6 Å². The molecule has 2 aromatic carbocycles. The first-order valence-electron chi connectivity index (χ1n) is 9.43. The summed E-state index contributed by atoms with van der Waals surface area (Å²) in [5.74, 6) is 0.924. The number of benzene rings is 2. The Morgan fingerprint density at radius 2 is 1.80 bits per heavy atom. The molecule has 2 heterocycles. The van der Waals surface area contributed by atoms with Crippen molar-refractivity contribution in [1.82, 2.24) is 19.4 Å². The molecule has 1 amide bonds. The first-order valence-corrected chi connectivity index (χ1v) is 9.43. The zero-order valence-corrected chi connectivity index (χ0v) is 16.9. The van der Waals surface area contributed by atoms with Crippen LogP contribution in [0.2, 0.25) is 0 Å². The molecular weight excluding hydrogens is 382 g/mol. The number of para-hydroxylation sites is 1. The predicted molar refractivity (Wildman–Crippen MR) is 114 cm³/mol. The fraction of sp³-hybridized carbons (Fsp3) is 0.182. The second kappa shape index (κ2) is 7.82. The van der Waals surface area contributed by atoms with Gasteiger partial charge in [-0.25, -0.2) is 9.20 Å². The third kappa shape index (κ3) is 3.67. The summed E-state index contributed by atoms with van der Waals surface area (Å²) in [6.45, 7) is 3.46. The van der Waals surface area contributed by atoms with E-state index in [1.165, 1.54) is 4.52 Å². The Kier molecular flexibility index (Phi) is 5.05. The van der Waals surface area contributed by atoms with E-state index in [0.29, 0.717) is 22.7 Å². The number of carbonyl (C=O) groups excluding carboxylic acids is 1. The molecule has 0 fully saturated rings. The first-order chi connectivity index (χ1) is 14.5. The van der Waals surface area contributed by atoms with E-state index in [0.717, 1.165) is 21.6 Å². The molecule has 4 rings (SSSR count). The molecule has 0 radical (unpaired) electrons. The Hall–Kier alpha value is -3.94. The van der Waals surface area contributed by atoms with Crippen LogP contribution in [0.4, 0.5) is 5.69 Å². The number of hydrogen-bond donors (Lipinski definition) is 1. The van der Waals surface area contributed by atoms with Crippen molar-refractivity contribution in [3.05, 3.63) is 76.3 Å². The van der Waals surface area contributed by atoms with Crippen LogP contribution >= 0.6 is 0 Å². The van der Waals surface area contributed by atoms with E-state index < -0.39 is 0 Å². The molecule has 0 unspecified atom stereocenters. The number of fused-ring (bicyclic) bond motifs is 1. The number of hydrogen-bond acceptors (Lipinski definition) is 5. The number of ether oxygens (including phenoxy) is 1. The second-order valence-electron chi connectivity index (χ2n) is 6.93. The highest BCUT2D eigenvalue weighted by atomic mass is 16.5. The van der Waals surface area contributed by atoms with E-state index in [9.17, 15) is 9.59 Å². The number of carbonyl (C=O) groups is 1. The van der Waals surface area contributed by atoms with Crippen molar-refractivity contribution in [3.8, 4) is 17.0 Å². The Morgan fingerprint density at radius 1 is 1.07 bits per heavy atom. The lowest BCUT2D eigenvalue weighted by Gasteiger charge is -2.09. The zero-order chi connectivity index (χ0) is 21.3. The highest BCUT2D eigenvalue weighted by molar-refractivity contribution is 5.91. The molecule has 0 bridgehead atoms. The van der Waals surface area contributed by atoms with Gasteiger partial charge in [-0.1, -0.05) is 18.2 Å². The molecule has 1 N–H and O–H groups in total. The van der Waals surface area contributed by atoms with Crippen molar-refractivity contribution >= 4 is 17.1 Å². The van der Waals surface area contributed by atoms with Crippen LogP contribution in [0.3, 0.4) is 0 Å². The van der Waals surface area contributed by atoms with E-state index >= 15 is 0 Å². The van der Waals surface area contributed by atoms with Crippen molar-refractivity contribution in [2.45, 2.75) is 20.4 Å². The van der Waals surface area contributed by atoms with Crippen LogP contribution in [0.5, 0.6) is 5.75 Å². The summed E-state index contributed by atoms with van der Waals surface area (Å²) in [6, 6.07) is 16.6. The van der Waals surface area contributed by atoms with Gasteiger partial charge in [-0.05, 0) is 55.8 Å². The average Bonchev–Trinajstić information content (AvgIpc) is 3.20. The van der Waals surface area contributed by atoms with Gasteiger partial charge in [0.2, 0.25) is 5.91 Å². The SMILES string of the molecule is COc1ccc(-c2cc3c(=O)n(CC(=O)Nc4ccccc4C)nc(C)n3n2)cc1. The number of nitrogens with zero attached hydrogens (tertiary/aromatic N) is 4. The molecule has 0 saturated heterocycles. The number of anilines is 1. The Morgan fingerprint density at radius 3 is 2.50 bits per heavy atom. The van der Waals surface area contributed by atoms with Gasteiger partial charge in [0.25, 0.3) is 5.56 Å². The van der Waals surface area contributed by atoms with Gasteiger partial charge in [0, 0.05) is 11.3 Å². The molecule has 2 aromatic heterocycles. The van der Waals surface area contributed by atoms with Gasteiger partial charge < -0.3 is 10.1 Å². The van der Waals surface area contributed by atoms with E-state index in [2.05, 4.69) is 15.5 Å². The molecule has 8 heteroatoms. The lowest BCUT2D eigenvalue weighted by Crippen LogP contribution is -2.31. The predicted octanol–water partition coefficient (Wildman–Crippen LogP) is 2.82. The molecular formula is C22H21N5O3. The molecule has 0 aliphatic carbocycles. The smallest absolute Gasteiger partial charge is 0.293 e. The largest absolute Gasteiger partial charge is 0.497 e. The van der Waals surface area contributed by atoms with Crippen LogP contribution in [0.25, 0.3) is 16.8 Å². The summed E-state index contributed by atoms with van der Waals surface area (Å²) in [5.41, 5.74) is 3.12. The maximum absolute atomic E-state index is 12.9. The summed E-state index contributed by atoms with van der Waals surface area (Å²) >= 11 is 0. The van der Waals surface area contributed by atoms with Gasteiger partial charge >= 0.3 is 0 Å². The van der Waals surface area contributed by atoms with Crippen LogP contribution in [0.15, 0.2) is 59.4 Å². The third-order valence-corrected chi connectivity index (χ3v) is 4.83. The Bertz CT molecular complexity index is 1290. The van der Waals surface area contributed by atoms with Crippen molar-refractivity contribution in [2.24, 2.45) is 0 Å². The Labute approximate surface area is 172 Å². The van der Waals surface area contributed by atoms with Gasteiger partial charge in [0.15, 0.2) is 0 Å². The number of amides is 1. The third-order valence-electron chi connectivity index (χ3n) is 4.83. The second-order valence-corrected chi connectivity index (χ2v) is 6.93. The van der Waals surface area contributed by atoms with E-state index in [1.54, 1.807) is 20.1 Å². The van der Waals surface area contributed by atoms with Crippen molar-refractivity contribution < 1.29 is 9.53 Å². The summed E-state index contributed by atoms with van der Waals surface area (Å²) < 4.78 is 7.84. The first kappa shape index (κ1) is 19.4.